The fourth-order valence-corrected chi connectivity index (χ4v) is 0.890. The van der Waals surface area contributed by atoms with Crippen LogP contribution in [-0.2, 0) is 4.74 Å². The minimum Gasteiger partial charge on any atom is -0.465 e. The predicted molar refractivity (Wildman–Crippen MR) is 44.0 cm³/mol. The van der Waals surface area contributed by atoms with Crippen molar-refractivity contribution in [3.05, 3.63) is 40.7 Å². The van der Waals surface area contributed by atoms with Crippen molar-refractivity contribution in [3.8, 4) is 0 Å². The lowest BCUT2D eigenvalue weighted by Crippen LogP contribution is -2.04. The number of hydrogen-bond donors (Lipinski definition) is 0. The highest BCUT2D eigenvalue weighted by atomic mass is 19.1. The van der Waals surface area contributed by atoms with Gasteiger partial charge >= 0.3 is 5.97 Å². The Labute approximate surface area is 78.7 Å². The van der Waals surface area contributed by atoms with Crippen LogP contribution in [0.2, 0.25) is 0 Å². The van der Waals surface area contributed by atoms with Crippen molar-refractivity contribution >= 4 is 11.7 Å². The van der Waals surface area contributed by atoms with Gasteiger partial charge in [-0.1, -0.05) is 0 Å². The van der Waals surface area contributed by atoms with E-state index in [2.05, 4.69) is 9.58 Å². The van der Waals surface area contributed by atoms with Gasteiger partial charge in [0.05, 0.1) is 19.2 Å². The molecule has 0 aliphatic carbocycles. The van der Waals surface area contributed by atoms with Crippen LogP contribution >= 0.6 is 0 Å². The van der Waals surface area contributed by atoms with Gasteiger partial charge in [-0.25, -0.2) is 18.4 Å². The van der Waals surface area contributed by atoms with Crippen molar-refractivity contribution < 1.29 is 18.3 Å². The molecular formula is C9H5F2NO2. The molecule has 0 heterocycles. The summed E-state index contributed by atoms with van der Waals surface area (Å²) < 4.78 is 30.0. The van der Waals surface area contributed by atoms with Gasteiger partial charge in [0, 0.05) is 0 Å². The van der Waals surface area contributed by atoms with Crippen molar-refractivity contribution in [1.82, 2.24) is 0 Å². The van der Waals surface area contributed by atoms with Gasteiger partial charge in [-0.2, -0.15) is 0 Å². The molecule has 1 aromatic carbocycles. The van der Waals surface area contributed by atoms with Crippen LogP contribution in [0.25, 0.3) is 4.85 Å². The molecule has 0 amide bonds. The summed E-state index contributed by atoms with van der Waals surface area (Å²) in [4.78, 5) is 13.7. The molecule has 0 N–H and O–H groups in total. The Morgan fingerprint density at radius 1 is 1.43 bits per heavy atom. The van der Waals surface area contributed by atoms with E-state index in [1.54, 1.807) is 0 Å². The highest BCUT2D eigenvalue weighted by Crippen LogP contribution is 2.22. The van der Waals surface area contributed by atoms with E-state index in [-0.39, 0.29) is 0 Å². The average Bonchev–Trinajstić information content (AvgIpc) is 2.17. The molecule has 0 unspecified atom stereocenters. The second-order valence-corrected chi connectivity index (χ2v) is 2.39. The molecule has 0 aromatic heterocycles. The Kier molecular flexibility index (Phi) is 2.77. The SMILES string of the molecule is [C-]#[N+]c1cc(C(=O)OC)c(F)cc1F. The van der Waals surface area contributed by atoms with Crippen LogP contribution in [0.1, 0.15) is 10.4 Å². The van der Waals surface area contributed by atoms with Crippen LogP contribution < -0.4 is 0 Å². The molecule has 0 radical (unpaired) electrons. The molecule has 1 rings (SSSR count). The maximum Gasteiger partial charge on any atom is 0.339 e. The number of esters is 1. The molecule has 5 heteroatoms. The van der Waals surface area contributed by atoms with Gasteiger partial charge in [0.25, 0.3) is 0 Å². The first-order valence-electron chi connectivity index (χ1n) is 3.55. The molecule has 0 aliphatic heterocycles. The molecule has 0 saturated heterocycles. The molecule has 0 aliphatic rings. The van der Waals surface area contributed by atoms with Crippen molar-refractivity contribution in [2.24, 2.45) is 0 Å². The van der Waals surface area contributed by atoms with Gasteiger partial charge in [0.2, 0.25) is 5.69 Å². The van der Waals surface area contributed by atoms with E-state index in [0.29, 0.717) is 6.07 Å². The third-order valence-corrected chi connectivity index (χ3v) is 1.56. The van der Waals surface area contributed by atoms with Crippen LogP contribution in [0.15, 0.2) is 12.1 Å². The largest absolute Gasteiger partial charge is 0.465 e. The third kappa shape index (κ3) is 1.69. The number of benzene rings is 1. The van der Waals surface area contributed by atoms with Gasteiger partial charge in [-0.3, -0.25) is 0 Å². The maximum atomic E-state index is 13.0. The number of ether oxygens (including phenoxy) is 1. The standard InChI is InChI=1S/C9H5F2NO2/c1-12-8-3-5(9(13)14-2)6(10)4-7(8)11/h3-4H,2H3. The normalized spacial score (nSPS) is 9.29. The van der Waals surface area contributed by atoms with E-state index in [0.717, 1.165) is 13.2 Å². The predicted octanol–water partition coefficient (Wildman–Crippen LogP) is 2.30. The number of methoxy groups -OCH3 is 1. The Balaban J connectivity index is 3.33. The van der Waals surface area contributed by atoms with Crippen LogP contribution in [-0.4, -0.2) is 13.1 Å². The van der Waals surface area contributed by atoms with Crippen LogP contribution in [0.3, 0.4) is 0 Å². The number of carbonyl (C=O) groups is 1. The van der Waals surface area contributed by atoms with E-state index in [9.17, 15) is 13.6 Å². The quantitative estimate of drug-likeness (QED) is 0.510. The van der Waals surface area contributed by atoms with E-state index >= 15 is 0 Å². The Morgan fingerprint density at radius 3 is 2.57 bits per heavy atom. The summed E-state index contributed by atoms with van der Waals surface area (Å²) in [6.07, 6.45) is 0. The summed E-state index contributed by atoms with van der Waals surface area (Å²) in [7, 11) is 1.07. The van der Waals surface area contributed by atoms with Gasteiger partial charge in [0.1, 0.15) is 11.6 Å². The summed E-state index contributed by atoms with van der Waals surface area (Å²) in [5.74, 6) is -2.97. The highest BCUT2D eigenvalue weighted by molar-refractivity contribution is 5.90. The zero-order valence-corrected chi connectivity index (χ0v) is 7.17. The fraction of sp³-hybridized carbons (Fsp3) is 0.111. The Morgan fingerprint density at radius 2 is 2.07 bits per heavy atom. The second kappa shape index (κ2) is 3.83. The van der Waals surface area contributed by atoms with Crippen molar-refractivity contribution in [2.45, 2.75) is 0 Å². The molecule has 0 saturated carbocycles. The lowest BCUT2D eigenvalue weighted by molar-refractivity contribution is 0.0595. The number of nitrogens with zero attached hydrogens (tertiary/aromatic N) is 1. The van der Waals surface area contributed by atoms with E-state index in [4.69, 9.17) is 6.57 Å². The van der Waals surface area contributed by atoms with Crippen molar-refractivity contribution in [3.63, 3.8) is 0 Å². The maximum absolute atomic E-state index is 13.0. The zero-order chi connectivity index (χ0) is 10.7. The molecule has 14 heavy (non-hydrogen) atoms. The molecule has 0 bridgehead atoms. The molecular weight excluding hydrogens is 192 g/mol. The smallest absolute Gasteiger partial charge is 0.339 e. The first-order chi connectivity index (χ1) is 6.60. The molecule has 3 nitrogen and oxygen atoms in total. The summed E-state index contributed by atoms with van der Waals surface area (Å²) in [6, 6.07) is 1.31. The van der Waals surface area contributed by atoms with Gasteiger partial charge in [-0.05, 0) is 12.1 Å². The average molecular weight is 197 g/mol. The first kappa shape index (κ1) is 10.1. The third-order valence-electron chi connectivity index (χ3n) is 1.56. The van der Waals surface area contributed by atoms with Gasteiger partial charge in [-0.15, -0.1) is 0 Å². The van der Waals surface area contributed by atoms with E-state index in [1.807, 2.05) is 0 Å². The van der Waals surface area contributed by atoms with Gasteiger partial charge in [0.15, 0.2) is 0 Å². The summed E-state index contributed by atoms with van der Waals surface area (Å²) in [6.45, 7) is 6.56. The summed E-state index contributed by atoms with van der Waals surface area (Å²) in [5, 5.41) is 0. The van der Waals surface area contributed by atoms with Crippen LogP contribution in [0.4, 0.5) is 14.5 Å². The van der Waals surface area contributed by atoms with Crippen LogP contribution in [0.5, 0.6) is 0 Å². The molecule has 0 atom stereocenters. The molecule has 1 aromatic rings. The number of rotatable bonds is 1. The topological polar surface area (TPSA) is 30.7 Å². The molecule has 0 spiro atoms. The number of hydrogen-bond acceptors (Lipinski definition) is 2. The van der Waals surface area contributed by atoms with Gasteiger partial charge < -0.3 is 4.74 Å². The monoisotopic (exact) mass is 197 g/mol. The minimum absolute atomic E-state index is 0.410. The molecule has 0 fully saturated rings. The Hall–Kier alpha value is -1.96. The first-order valence-corrected chi connectivity index (χ1v) is 3.55. The summed E-state index contributed by atoms with van der Waals surface area (Å²) in [5.41, 5.74) is -0.855. The molecule has 72 valence electrons. The minimum atomic E-state index is -1.04. The van der Waals surface area contributed by atoms with Crippen LogP contribution in [0, 0.1) is 18.2 Å². The fourth-order valence-electron chi connectivity index (χ4n) is 0.890. The van der Waals surface area contributed by atoms with E-state index in [1.165, 1.54) is 0 Å². The summed E-state index contributed by atoms with van der Waals surface area (Å²) >= 11 is 0. The van der Waals surface area contributed by atoms with Crippen molar-refractivity contribution in [2.75, 3.05) is 7.11 Å². The lowest BCUT2D eigenvalue weighted by atomic mass is 10.2. The number of halogens is 2. The van der Waals surface area contributed by atoms with Crippen molar-refractivity contribution in [1.29, 1.82) is 0 Å². The number of carbonyl (C=O) groups excluding carboxylic acids is 1. The lowest BCUT2D eigenvalue weighted by Gasteiger charge is -2.01. The second-order valence-electron chi connectivity index (χ2n) is 2.39. The zero-order valence-electron chi connectivity index (χ0n) is 7.17. The van der Waals surface area contributed by atoms with E-state index < -0.39 is 28.9 Å². The highest BCUT2D eigenvalue weighted by Gasteiger charge is 2.15. The Bertz CT molecular complexity index is 424.